The van der Waals surface area contributed by atoms with Crippen LogP contribution in [0.25, 0.3) is 0 Å². The average Bonchev–Trinajstić information content (AvgIpc) is 2.32. The Balaban J connectivity index is 2.88. The van der Waals surface area contributed by atoms with Crippen LogP contribution in [-0.2, 0) is 14.6 Å². The van der Waals surface area contributed by atoms with E-state index >= 15 is 0 Å². The second-order valence-corrected chi connectivity index (χ2v) is 7.11. The van der Waals surface area contributed by atoms with Crippen LogP contribution in [0.3, 0.4) is 0 Å². The largest absolute Gasteiger partial charge is 0.397 e. The summed E-state index contributed by atoms with van der Waals surface area (Å²) in [7, 11) is -3.44. The minimum atomic E-state index is -3.44. The number of hydrogen-bond donors (Lipinski definition) is 2. The molecule has 0 radical (unpaired) electrons. The smallest absolute Gasteiger partial charge is 0.242 e. The lowest BCUT2D eigenvalue weighted by Gasteiger charge is -2.14. The molecule has 0 aliphatic rings. The van der Waals surface area contributed by atoms with E-state index in [2.05, 4.69) is 5.32 Å². The predicted octanol–water partition coefficient (Wildman–Crippen LogP) is 2.07. The number of benzene rings is 1. The standard InChI is InChI=1S/C12H17ClN2O3S/c1-3-6-19(17,18)8(2)12(16)15-11-7-9(13)4-5-10(11)14/h4-5,7-8H,3,6,14H2,1-2H3,(H,15,16). The van der Waals surface area contributed by atoms with Crippen molar-refractivity contribution < 1.29 is 13.2 Å². The first-order valence-corrected chi connectivity index (χ1v) is 7.94. The monoisotopic (exact) mass is 304 g/mol. The molecule has 0 aliphatic carbocycles. The third-order valence-corrected chi connectivity index (χ3v) is 5.17. The first-order chi connectivity index (χ1) is 8.77. The molecule has 1 amide bonds. The van der Waals surface area contributed by atoms with E-state index in [9.17, 15) is 13.2 Å². The number of amides is 1. The van der Waals surface area contributed by atoms with Gasteiger partial charge in [-0.25, -0.2) is 8.42 Å². The van der Waals surface area contributed by atoms with Gasteiger partial charge in [-0.05, 0) is 31.5 Å². The summed E-state index contributed by atoms with van der Waals surface area (Å²) >= 11 is 5.79. The van der Waals surface area contributed by atoms with Gasteiger partial charge in [0.05, 0.1) is 17.1 Å². The highest BCUT2D eigenvalue weighted by molar-refractivity contribution is 7.92. The number of carbonyl (C=O) groups is 1. The maximum atomic E-state index is 11.9. The van der Waals surface area contributed by atoms with Crippen LogP contribution in [-0.4, -0.2) is 25.3 Å². The van der Waals surface area contributed by atoms with Crippen LogP contribution >= 0.6 is 11.6 Å². The number of nitrogen functional groups attached to an aromatic ring is 1. The van der Waals surface area contributed by atoms with Crippen LogP contribution in [0, 0.1) is 0 Å². The summed E-state index contributed by atoms with van der Waals surface area (Å²) in [5, 5.41) is 1.78. The third-order valence-electron chi connectivity index (χ3n) is 2.67. The van der Waals surface area contributed by atoms with Crippen molar-refractivity contribution in [2.75, 3.05) is 16.8 Å². The average molecular weight is 305 g/mol. The van der Waals surface area contributed by atoms with Gasteiger partial charge < -0.3 is 11.1 Å². The van der Waals surface area contributed by atoms with Crippen molar-refractivity contribution in [3.05, 3.63) is 23.2 Å². The van der Waals surface area contributed by atoms with Gasteiger partial charge in [0.15, 0.2) is 9.84 Å². The van der Waals surface area contributed by atoms with E-state index in [1.54, 1.807) is 19.1 Å². The van der Waals surface area contributed by atoms with Crippen LogP contribution < -0.4 is 11.1 Å². The highest BCUT2D eigenvalue weighted by Crippen LogP contribution is 2.23. The number of rotatable bonds is 5. The van der Waals surface area contributed by atoms with Gasteiger partial charge in [0.1, 0.15) is 5.25 Å². The molecule has 1 unspecified atom stereocenters. The molecule has 0 saturated carbocycles. The van der Waals surface area contributed by atoms with Crippen LogP contribution in [0.5, 0.6) is 0 Å². The highest BCUT2D eigenvalue weighted by atomic mass is 35.5. The zero-order valence-corrected chi connectivity index (χ0v) is 12.4. The topological polar surface area (TPSA) is 89.3 Å². The van der Waals surface area contributed by atoms with Gasteiger partial charge in [0.25, 0.3) is 0 Å². The van der Waals surface area contributed by atoms with Crippen molar-refractivity contribution in [1.82, 2.24) is 0 Å². The minimum Gasteiger partial charge on any atom is -0.397 e. The predicted molar refractivity (Wildman–Crippen MR) is 78.0 cm³/mol. The summed E-state index contributed by atoms with van der Waals surface area (Å²) < 4.78 is 23.6. The Morgan fingerprint density at radius 2 is 2.11 bits per heavy atom. The van der Waals surface area contributed by atoms with E-state index in [-0.39, 0.29) is 5.75 Å². The van der Waals surface area contributed by atoms with Crippen molar-refractivity contribution in [3.63, 3.8) is 0 Å². The molecule has 0 aliphatic heterocycles. The first kappa shape index (κ1) is 15.8. The quantitative estimate of drug-likeness (QED) is 0.815. The molecule has 1 aromatic carbocycles. The van der Waals surface area contributed by atoms with E-state index in [1.165, 1.54) is 13.0 Å². The van der Waals surface area contributed by atoms with Crippen molar-refractivity contribution in [3.8, 4) is 0 Å². The molecular formula is C12H17ClN2O3S. The molecule has 19 heavy (non-hydrogen) atoms. The van der Waals surface area contributed by atoms with Gasteiger partial charge in [-0.3, -0.25) is 4.79 Å². The van der Waals surface area contributed by atoms with Crippen LogP contribution in [0.2, 0.25) is 5.02 Å². The van der Waals surface area contributed by atoms with Crippen LogP contribution in [0.1, 0.15) is 20.3 Å². The summed E-state index contributed by atoms with van der Waals surface area (Å²) in [5.41, 5.74) is 6.33. The van der Waals surface area contributed by atoms with Crippen LogP contribution in [0.15, 0.2) is 18.2 Å². The molecule has 0 heterocycles. The molecule has 1 aromatic rings. The molecule has 0 spiro atoms. The maximum Gasteiger partial charge on any atom is 0.242 e. The van der Waals surface area contributed by atoms with E-state index in [1.807, 2.05) is 0 Å². The number of nitrogens with two attached hydrogens (primary N) is 1. The zero-order chi connectivity index (χ0) is 14.6. The number of hydrogen-bond acceptors (Lipinski definition) is 4. The van der Waals surface area contributed by atoms with Crippen LogP contribution in [0.4, 0.5) is 11.4 Å². The van der Waals surface area contributed by atoms with Crippen molar-refractivity contribution in [2.24, 2.45) is 0 Å². The molecular weight excluding hydrogens is 288 g/mol. The second kappa shape index (κ2) is 6.25. The molecule has 0 aromatic heterocycles. The molecule has 0 saturated heterocycles. The fourth-order valence-corrected chi connectivity index (χ4v) is 2.98. The van der Waals surface area contributed by atoms with Crippen molar-refractivity contribution in [2.45, 2.75) is 25.5 Å². The molecule has 3 N–H and O–H groups in total. The molecule has 106 valence electrons. The lowest BCUT2D eigenvalue weighted by atomic mass is 10.2. The Labute approximate surface area is 118 Å². The van der Waals surface area contributed by atoms with Gasteiger partial charge in [-0.15, -0.1) is 0 Å². The maximum absolute atomic E-state index is 11.9. The number of carbonyl (C=O) groups excluding carboxylic acids is 1. The molecule has 7 heteroatoms. The summed E-state index contributed by atoms with van der Waals surface area (Å²) in [6.07, 6.45) is 0.471. The lowest BCUT2D eigenvalue weighted by Crippen LogP contribution is -2.34. The lowest BCUT2D eigenvalue weighted by molar-refractivity contribution is -0.115. The Kier molecular flexibility index (Phi) is 5.20. The number of halogens is 1. The molecule has 0 fully saturated rings. The Morgan fingerprint density at radius 3 is 2.68 bits per heavy atom. The number of nitrogens with one attached hydrogen (secondary N) is 1. The fourth-order valence-electron chi connectivity index (χ4n) is 1.50. The van der Waals surface area contributed by atoms with Gasteiger partial charge in [0.2, 0.25) is 5.91 Å². The van der Waals surface area contributed by atoms with E-state index in [0.29, 0.717) is 22.8 Å². The van der Waals surface area contributed by atoms with Gasteiger partial charge in [0, 0.05) is 5.02 Å². The SMILES string of the molecule is CCCS(=O)(=O)C(C)C(=O)Nc1cc(Cl)ccc1N. The number of sulfone groups is 1. The van der Waals surface area contributed by atoms with E-state index in [0.717, 1.165) is 0 Å². The summed E-state index contributed by atoms with van der Waals surface area (Å²) in [4.78, 5) is 11.9. The minimum absolute atomic E-state index is 0.0212. The van der Waals surface area contributed by atoms with Crippen molar-refractivity contribution in [1.29, 1.82) is 0 Å². The zero-order valence-electron chi connectivity index (χ0n) is 10.8. The Morgan fingerprint density at radius 1 is 1.47 bits per heavy atom. The summed E-state index contributed by atoms with van der Waals surface area (Å²) in [6.45, 7) is 3.11. The second-order valence-electron chi connectivity index (χ2n) is 4.23. The highest BCUT2D eigenvalue weighted by Gasteiger charge is 2.27. The Bertz CT molecular complexity index is 572. The summed E-state index contributed by atoms with van der Waals surface area (Å²) in [6, 6.07) is 4.61. The molecule has 0 bridgehead atoms. The van der Waals surface area contributed by atoms with Gasteiger partial charge in [-0.2, -0.15) is 0 Å². The Hall–Kier alpha value is -1.27. The third kappa shape index (κ3) is 4.11. The normalized spacial score (nSPS) is 13.0. The number of anilines is 2. The van der Waals surface area contributed by atoms with Crippen molar-refractivity contribution >= 4 is 38.7 Å². The van der Waals surface area contributed by atoms with Gasteiger partial charge in [-0.1, -0.05) is 18.5 Å². The molecule has 5 nitrogen and oxygen atoms in total. The van der Waals surface area contributed by atoms with E-state index in [4.69, 9.17) is 17.3 Å². The fraction of sp³-hybridized carbons (Fsp3) is 0.417. The van der Waals surface area contributed by atoms with Gasteiger partial charge >= 0.3 is 0 Å². The van der Waals surface area contributed by atoms with E-state index < -0.39 is 21.0 Å². The molecule has 1 atom stereocenters. The summed E-state index contributed by atoms with van der Waals surface area (Å²) in [5.74, 6) is -0.630. The first-order valence-electron chi connectivity index (χ1n) is 5.85. The molecule has 1 rings (SSSR count).